The average Bonchev–Trinajstić information content (AvgIpc) is 3.06. The minimum atomic E-state index is 1.08. The van der Waals surface area contributed by atoms with Gasteiger partial charge in [-0.1, -0.05) is 104 Å². The van der Waals surface area contributed by atoms with Gasteiger partial charge in [-0.25, -0.2) is 4.98 Å². The van der Waals surface area contributed by atoms with E-state index in [1.165, 1.54) is 121 Å². The molecule has 0 fully saturated rings. The lowest BCUT2D eigenvalue weighted by Gasteiger charge is -2.03. The summed E-state index contributed by atoms with van der Waals surface area (Å²) in [4.78, 5) is 7.89. The molecule has 0 aliphatic rings. The number of imidazole rings is 1. The van der Waals surface area contributed by atoms with E-state index >= 15 is 0 Å². The van der Waals surface area contributed by atoms with Crippen molar-refractivity contribution in [3.05, 3.63) is 17.7 Å². The zero-order chi connectivity index (χ0) is 18.0. The Hall–Kier alpha value is -0.790. The van der Waals surface area contributed by atoms with Crippen LogP contribution in [0.4, 0.5) is 0 Å². The molecule has 0 aliphatic carbocycles. The molecular formula is C23H44N2. The standard InChI is InChI=1S/C23H44N2/c1-3-5-6-7-8-9-10-11-12-13-14-15-16-17-18-20-22-21-24-23(25-22)19-4-2/h21H,3-20H2,1-2H3,(H,24,25). The number of nitrogens with zero attached hydrogens (tertiary/aromatic N) is 1. The van der Waals surface area contributed by atoms with Crippen molar-refractivity contribution in [1.29, 1.82) is 0 Å². The van der Waals surface area contributed by atoms with Crippen molar-refractivity contribution in [2.45, 2.75) is 129 Å². The molecule has 0 saturated carbocycles. The van der Waals surface area contributed by atoms with E-state index in [-0.39, 0.29) is 0 Å². The smallest absolute Gasteiger partial charge is 0.106 e. The van der Waals surface area contributed by atoms with E-state index in [2.05, 4.69) is 23.8 Å². The highest BCUT2D eigenvalue weighted by atomic mass is 14.9. The van der Waals surface area contributed by atoms with E-state index in [9.17, 15) is 0 Å². The number of aromatic nitrogens is 2. The van der Waals surface area contributed by atoms with Crippen molar-refractivity contribution in [3.8, 4) is 0 Å². The molecule has 0 amide bonds. The molecule has 0 radical (unpaired) electrons. The fraction of sp³-hybridized carbons (Fsp3) is 0.870. The Morgan fingerprint density at radius 3 is 1.56 bits per heavy atom. The summed E-state index contributed by atoms with van der Waals surface area (Å²) in [6, 6.07) is 0. The third kappa shape index (κ3) is 13.1. The Bertz CT molecular complexity index is 383. The van der Waals surface area contributed by atoms with Gasteiger partial charge in [0.2, 0.25) is 0 Å². The molecule has 0 atom stereocenters. The molecule has 1 rings (SSSR count). The van der Waals surface area contributed by atoms with Crippen LogP contribution in [0.2, 0.25) is 0 Å². The Balaban J connectivity index is 1.77. The first-order valence-electron chi connectivity index (χ1n) is 11.4. The van der Waals surface area contributed by atoms with Crippen molar-refractivity contribution < 1.29 is 0 Å². The van der Waals surface area contributed by atoms with Crippen molar-refractivity contribution in [2.24, 2.45) is 0 Å². The lowest BCUT2D eigenvalue weighted by atomic mass is 10.0. The van der Waals surface area contributed by atoms with Gasteiger partial charge in [-0.2, -0.15) is 0 Å². The second-order valence-corrected chi connectivity index (χ2v) is 7.80. The highest BCUT2D eigenvalue weighted by Crippen LogP contribution is 2.14. The van der Waals surface area contributed by atoms with Crippen LogP contribution in [-0.4, -0.2) is 9.97 Å². The van der Waals surface area contributed by atoms with E-state index in [0.717, 1.165) is 6.42 Å². The monoisotopic (exact) mass is 348 g/mol. The minimum absolute atomic E-state index is 1.08. The quantitative estimate of drug-likeness (QED) is 0.270. The highest BCUT2D eigenvalue weighted by Gasteiger charge is 2.00. The maximum absolute atomic E-state index is 4.44. The number of aryl methyl sites for hydroxylation is 2. The van der Waals surface area contributed by atoms with Crippen molar-refractivity contribution in [3.63, 3.8) is 0 Å². The van der Waals surface area contributed by atoms with Crippen LogP contribution in [-0.2, 0) is 12.8 Å². The summed E-state index contributed by atoms with van der Waals surface area (Å²) in [5.41, 5.74) is 1.33. The number of unbranched alkanes of at least 4 members (excludes halogenated alkanes) is 14. The molecule has 0 aliphatic heterocycles. The second-order valence-electron chi connectivity index (χ2n) is 7.80. The Labute approximate surface area is 157 Å². The molecule has 0 aromatic carbocycles. The molecule has 25 heavy (non-hydrogen) atoms. The summed E-state index contributed by atoms with van der Waals surface area (Å²) in [5.74, 6) is 1.17. The van der Waals surface area contributed by atoms with Crippen LogP contribution in [0.5, 0.6) is 0 Å². The third-order valence-corrected chi connectivity index (χ3v) is 5.22. The summed E-state index contributed by atoms with van der Waals surface area (Å²) >= 11 is 0. The average molecular weight is 349 g/mol. The largest absolute Gasteiger partial charge is 0.346 e. The number of hydrogen-bond donors (Lipinski definition) is 1. The maximum Gasteiger partial charge on any atom is 0.106 e. The zero-order valence-electron chi connectivity index (χ0n) is 17.3. The van der Waals surface area contributed by atoms with Crippen molar-refractivity contribution >= 4 is 0 Å². The van der Waals surface area contributed by atoms with Gasteiger partial charge in [-0.3, -0.25) is 0 Å². The second kappa shape index (κ2) is 16.7. The van der Waals surface area contributed by atoms with Crippen LogP contribution in [0.3, 0.4) is 0 Å². The van der Waals surface area contributed by atoms with Gasteiger partial charge in [0.25, 0.3) is 0 Å². The first-order valence-corrected chi connectivity index (χ1v) is 11.4. The topological polar surface area (TPSA) is 28.7 Å². The summed E-state index contributed by atoms with van der Waals surface area (Å²) in [6.45, 7) is 4.50. The van der Waals surface area contributed by atoms with Crippen LogP contribution >= 0.6 is 0 Å². The molecule has 2 heteroatoms. The van der Waals surface area contributed by atoms with Gasteiger partial charge in [-0.05, 0) is 19.3 Å². The van der Waals surface area contributed by atoms with Crippen LogP contribution in [0.1, 0.15) is 128 Å². The molecule has 1 N–H and O–H groups in total. The summed E-state index contributed by atoms with van der Waals surface area (Å²) in [6.07, 6.45) is 26.9. The Kier molecular flexibility index (Phi) is 14.8. The molecule has 0 saturated heterocycles. The SMILES string of the molecule is CCCCCCCCCCCCCCCCCc1cnc(CCC)[nH]1. The van der Waals surface area contributed by atoms with Gasteiger partial charge in [0.05, 0.1) is 0 Å². The normalized spacial score (nSPS) is 11.3. The summed E-state index contributed by atoms with van der Waals surface area (Å²) in [5, 5.41) is 0. The first-order chi connectivity index (χ1) is 12.4. The maximum atomic E-state index is 4.44. The summed E-state index contributed by atoms with van der Waals surface area (Å²) < 4.78 is 0. The lowest BCUT2D eigenvalue weighted by molar-refractivity contribution is 0.532. The lowest BCUT2D eigenvalue weighted by Crippen LogP contribution is -1.89. The van der Waals surface area contributed by atoms with E-state index < -0.39 is 0 Å². The van der Waals surface area contributed by atoms with Gasteiger partial charge in [0.15, 0.2) is 0 Å². The predicted molar refractivity (Wildman–Crippen MR) is 111 cm³/mol. The van der Waals surface area contributed by atoms with Crippen LogP contribution in [0, 0.1) is 0 Å². The molecule has 146 valence electrons. The van der Waals surface area contributed by atoms with Gasteiger partial charge < -0.3 is 4.98 Å². The van der Waals surface area contributed by atoms with E-state index in [1.54, 1.807) is 0 Å². The Morgan fingerprint density at radius 1 is 0.600 bits per heavy atom. The van der Waals surface area contributed by atoms with Gasteiger partial charge in [0, 0.05) is 18.3 Å². The number of nitrogens with one attached hydrogen (secondary N) is 1. The van der Waals surface area contributed by atoms with Crippen LogP contribution in [0.25, 0.3) is 0 Å². The molecule has 0 bridgehead atoms. The fourth-order valence-corrected chi connectivity index (χ4v) is 3.58. The molecule has 1 heterocycles. The molecular weight excluding hydrogens is 304 g/mol. The number of H-pyrrole nitrogens is 1. The van der Waals surface area contributed by atoms with Gasteiger partial charge in [-0.15, -0.1) is 0 Å². The third-order valence-electron chi connectivity index (χ3n) is 5.22. The van der Waals surface area contributed by atoms with Crippen LogP contribution < -0.4 is 0 Å². The molecule has 0 unspecified atom stereocenters. The van der Waals surface area contributed by atoms with E-state index in [1.807, 2.05) is 6.20 Å². The van der Waals surface area contributed by atoms with E-state index in [0.29, 0.717) is 0 Å². The first kappa shape index (κ1) is 22.3. The van der Waals surface area contributed by atoms with Crippen LogP contribution in [0.15, 0.2) is 6.20 Å². The highest BCUT2D eigenvalue weighted by molar-refractivity contribution is 5.01. The predicted octanol–water partition coefficient (Wildman–Crippen LogP) is 7.78. The molecule has 2 nitrogen and oxygen atoms in total. The number of aromatic amines is 1. The van der Waals surface area contributed by atoms with Gasteiger partial charge >= 0.3 is 0 Å². The molecule has 1 aromatic rings. The molecule has 1 aromatic heterocycles. The van der Waals surface area contributed by atoms with Gasteiger partial charge in [0.1, 0.15) is 5.82 Å². The fourth-order valence-electron chi connectivity index (χ4n) is 3.58. The number of rotatable bonds is 18. The minimum Gasteiger partial charge on any atom is -0.346 e. The summed E-state index contributed by atoms with van der Waals surface area (Å²) in [7, 11) is 0. The zero-order valence-corrected chi connectivity index (χ0v) is 17.3. The Morgan fingerprint density at radius 2 is 1.08 bits per heavy atom. The number of hydrogen-bond acceptors (Lipinski definition) is 1. The molecule has 0 spiro atoms. The van der Waals surface area contributed by atoms with Crippen molar-refractivity contribution in [2.75, 3.05) is 0 Å². The van der Waals surface area contributed by atoms with E-state index in [4.69, 9.17) is 0 Å². The van der Waals surface area contributed by atoms with Crippen molar-refractivity contribution in [1.82, 2.24) is 9.97 Å².